The summed E-state index contributed by atoms with van der Waals surface area (Å²) >= 11 is 0. The first-order valence-corrected chi connectivity index (χ1v) is 8.53. The Bertz CT molecular complexity index is 321. The third kappa shape index (κ3) is 16.7. The van der Waals surface area contributed by atoms with Gasteiger partial charge in [0.05, 0.1) is 0 Å². The molecule has 1 radical (unpaired) electrons. The Balaban J connectivity index is -0.0000000956. The van der Waals surface area contributed by atoms with Gasteiger partial charge in [-0.3, -0.25) is 12.2 Å². The van der Waals surface area contributed by atoms with Crippen molar-refractivity contribution in [1.29, 1.82) is 0 Å². The summed E-state index contributed by atoms with van der Waals surface area (Å²) in [4.78, 5) is 0. The molecule has 0 N–H and O–H groups in total. The normalized spacial score (nSPS) is 14.3. The smallest absolute Gasteiger partial charge is 0.0213 e. The number of hydrogen-bond donors (Lipinski definition) is 0. The number of halogens is 2. The molecule has 0 aromatic carbocycles. The van der Waals surface area contributed by atoms with Gasteiger partial charge in [0.2, 0.25) is 0 Å². The van der Waals surface area contributed by atoms with E-state index in [9.17, 15) is 0 Å². The van der Waals surface area contributed by atoms with Crippen LogP contribution < -0.4 is 0 Å². The molecule has 0 fully saturated rings. The summed E-state index contributed by atoms with van der Waals surface area (Å²) < 4.78 is 0. The number of hydrogen-bond acceptors (Lipinski definition) is 0. The summed E-state index contributed by atoms with van der Waals surface area (Å²) in [5.41, 5.74) is 5.44. The molecule has 2 aliphatic rings. The van der Waals surface area contributed by atoms with Crippen LogP contribution in [0.1, 0.15) is 40.5 Å². The molecule has 0 nitrogen and oxygen atoms in total. The molecule has 0 amide bonds. The van der Waals surface area contributed by atoms with Gasteiger partial charge in [0.25, 0.3) is 0 Å². The van der Waals surface area contributed by atoms with E-state index >= 15 is 0 Å². The standard InChI is InChI=1S/2C7H9.C2H7Si.2ClH.Hf/c2*1-6-3-4-7(2)5-6;1-3-2;;;/h2*5H,3H2,1-2H3;3H,1-2H3;2*1H;/q2*-1;;;;. The molecule has 0 heterocycles. The molecule has 2 aliphatic carbocycles. The van der Waals surface area contributed by atoms with E-state index in [1.807, 2.05) is 0 Å². The maximum atomic E-state index is 3.19. The summed E-state index contributed by atoms with van der Waals surface area (Å²) in [6.45, 7) is 12.8. The van der Waals surface area contributed by atoms with Crippen molar-refractivity contribution < 1.29 is 25.8 Å². The second-order valence-electron chi connectivity index (χ2n) is 4.63. The van der Waals surface area contributed by atoms with Gasteiger partial charge in [-0.15, -0.1) is 37.7 Å². The fourth-order valence-corrected chi connectivity index (χ4v) is 1.50. The maximum absolute atomic E-state index is 3.19. The average Bonchev–Trinajstić information content (AvgIpc) is 2.78. The Morgan fingerprint density at radius 1 is 0.800 bits per heavy atom. The predicted molar refractivity (Wildman–Crippen MR) is 95.0 cm³/mol. The zero-order chi connectivity index (χ0) is 13.3. The molecule has 0 aromatic heterocycles. The second-order valence-corrected chi connectivity index (χ2v) is 5.79. The molecule has 0 aromatic rings. The van der Waals surface area contributed by atoms with Gasteiger partial charge in [-0.1, -0.05) is 40.8 Å². The Labute approximate surface area is 159 Å². The first-order chi connectivity index (χ1) is 7.99. The van der Waals surface area contributed by atoms with Crippen LogP contribution in [-0.2, 0) is 25.8 Å². The van der Waals surface area contributed by atoms with E-state index in [1.54, 1.807) is 0 Å². The Morgan fingerprint density at radius 2 is 1.05 bits per heavy atom. The van der Waals surface area contributed by atoms with Gasteiger partial charge < -0.3 is 0 Å². The molecule has 0 unspecified atom stereocenters. The third-order valence-corrected chi connectivity index (χ3v) is 2.22. The van der Waals surface area contributed by atoms with Gasteiger partial charge in [-0.25, -0.2) is 23.3 Å². The van der Waals surface area contributed by atoms with E-state index in [0.717, 1.165) is 22.4 Å². The van der Waals surface area contributed by atoms with Gasteiger partial charge in [-0.2, -0.15) is 11.1 Å². The summed E-state index contributed by atoms with van der Waals surface area (Å²) in [7, 11) is 0.750. The average molecular weight is 497 g/mol. The van der Waals surface area contributed by atoms with Crippen molar-refractivity contribution in [2.45, 2.75) is 53.6 Å². The van der Waals surface area contributed by atoms with E-state index in [-0.39, 0.29) is 50.7 Å². The Kier molecular flexibility index (Phi) is 25.4. The van der Waals surface area contributed by atoms with Crippen LogP contribution in [0.15, 0.2) is 34.4 Å². The molecule has 4 heteroatoms. The minimum absolute atomic E-state index is 0. The predicted octanol–water partition coefficient (Wildman–Crippen LogP) is 5.53. The molecular formula is C16H27Cl2HfSi-2. The van der Waals surface area contributed by atoms with E-state index in [1.165, 1.54) is 22.3 Å². The van der Waals surface area contributed by atoms with Crippen LogP contribution >= 0.6 is 24.8 Å². The van der Waals surface area contributed by atoms with Gasteiger partial charge in [-0.05, 0) is 0 Å². The number of allylic oxidation sites excluding steroid dienone is 8. The van der Waals surface area contributed by atoms with Crippen LogP contribution in [-0.4, -0.2) is 9.52 Å². The van der Waals surface area contributed by atoms with Gasteiger partial charge >= 0.3 is 0 Å². The molecular weight excluding hydrogens is 470 g/mol. The molecule has 20 heavy (non-hydrogen) atoms. The first-order valence-electron chi connectivity index (χ1n) is 6.22. The van der Waals surface area contributed by atoms with Crippen LogP contribution in [0.2, 0.25) is 13.1 Å². The minimum Gasteiger partial charge on any atom is -0.270 e. The van der Waals surface area contributed by atoms with Gasteiger partial charge in [0.1, 0.15) is 0 Å². The SMILES string of the molecule is CC1=[C-]CC(C)=C1.CC1=[C-]CC(C)=C1.C[SiH]C.Cl.Cl.[Hf]. The maximum Gasteiger partial charge on any atom is 0.0213 e. The van der Waals surface area contributed by atoms with Crippen molar-refractivity contribution in [3.63, 3.8) is 0 Å². The Hall–Kier alpha value is 0.627. The zero-order valence-corrected chi connectivity index (χ0v) is 19.8. The fraction of sp³-hybridized carbons (Fsp3) is 0.500. The van der Waals surface area contributed by atoms with Gasteiger partial charge in [0.15, 0.2) is 0 Å². The van der Waals surface area contributed by atoms with E-state index in [2.05, 4.69) is 65.1 Å². The van der Waals surface area contributed by atoms with Crippen LogP contribution in [0.3, 0.4) is 0 Å². The minimum atomic E-state index is 0. The zero-order valence-electron chi connectivity index (χ0n) is 13.5. The van der Waals surface area contributed by atoms with Crippen LogP contribution in [0.4, 0.5) is 0 Å². The summed E-state index contributed by atoms with van der Waals surface area (Å²) in [5.74, 6) is 0. The quantitative estimate of drug-likeness (QED) is 0.305. The topological polar surface area (TPSA) is 0 Å². The second kappa shape index (κ2) is 17.7. The van der Waals surface area contributed by atoms with Crippen molar-refractivity contribution >= 4 is 34.3 Å². The Morgan fingerprint density at radius 3 is 1.10 bits per heavy atom. The van der Waals surface area contributed by atoms with E-state index < -0.39 is 0 Å². The van der Waals surface area contributed by atoms with Crippen molar-refractivity contribution in [1.82, 2.24) is 0 Å². The molecule has 2 rings (SSSR count). The van der Waals surface area contributed by atoms with Crippen molar-refractivity contribution in [2.24, 2.45) is 0 Å². The van der Waals surface area contributed by atoms with E-state index in [4.69, 9.17) is 0 Å². The summed E-state index contributed by atoms with van der Waals surface area (Å²) in [6, 6.07) is 0. The van der Waals surface area contributed by atoms with Crippen LogP contribution in [0.5, 0.6) is 0 Å². The monoisotopic (exact) mass is 497 g/mol. The first kappa shape index (κ1) is 28.7. The summed E-state index contributed by atoms with van der Waals surface area (Å²) in [5, 5.41) is 0. The molecule has 115 valence electrons. The van der Waals surface area contributed by atoms with Crippen molar-refractivity contribution in [3.05, 3.63) is 46.6 Å². The van der Waals surface area contributed by atoms with E-state index in [0.29, 0.717) is 0 Å². The largest absolute Gasteiger partial charge is 0.270 e. The molecule has 0 bridgehead atoms. The van der Waals surface area contributed by atoms with Crippen molar-refractivity contribution in [3.8, 4) is 0 Å². The molecule has 0 saturated heterocycles. The third-order valence-electron chi connectivity index (χ3n) is 2.22. The molecule has 0 aliphatic heterocycles. The molecule has 0 saturated carbocycles. The fourth-order valence-electron chi connectivity index (χ4n) is 1.50. The van der Waals surface area contributed by atoms with Crippen LogP contribution in [0, 0.1) is 12.2 Å². The van der Waals surface area contributed by atoms with Crippen LogP contribution in [0.25, 0.3) is 0 Å². The number of rotatable bonds is 0. The molecule has 0 spiro atoms. The van der Waals surface area contributed by atoms with Gasteiger partial charge in [0, 0.05) is 35.4 Å². The van der Waals surface area contributed by atoms with Crippen molar-refractivity contribution in [2.75, 3.05) is 0 Å². The summed E-state index contributed by atoms with van der Waals surface area (Å²) in [6.07, 6.45) is 12.8. The molecule has 0 atom stereocenters.